The molecule has 1 rings (SSSR count). The van der Waals surface area contributed by atoms with E-state index in [4.69, 9.17) is 5.73 Å². The van der Waals surface area contributed by atoms with Gasteiger partial charge in [-0.3, -0.25) is 4.79 Å². The third kappa shape index (κ3) is 3.12. The number of halogens is 1. The Morgan fingerprint density at radius 3 is 2.88 bits per heavy atom. The van der Waals surface area contributed by atoms with E-state index in [-0.39, 0.29) is 18.3 Å². The second kappa shape index (κ2) is 5.34. The molecule has 0 unspecified atom stereocenters. The lowest BCUT2D eigenvalue weighted by Gasteiger charge is -2.20. The van der Waals surface area contributed by atoms with Crippen molar-refractivity contribution in [1.82, 2.24) is 5.32 Å². The molecule has 16 heavy (non-hydrogen) atoms. The van der Waals surface area contributed by atoms with Gasteiger partial charge < -0.3 is 16.0 Å². The van der Waals surface area contributed by atoms with Crippen molar-refractivity contribution in [2.45, 2.75) is 6.92 Å². The third-order valence-electron chi connectivity index (χ3n) is 2.16. The molecule has 88 valence electrons. The zero-order chi connectivity index (χ0) is 12.1. The molecular weight excluding hydrogens is 209 g/mol. The van der Waals surface area contributed by atoms with E-state index in [0.717, 1.165) is 0 Å². The van der Waals surface area contributed by atoms with Crippen molar-refractivity contribution >= 4 is 17.3 Å². The van der Waals surface area contributed by atoms with Crippen molar-refractivity contribution in [3.63, 3.8) is 0 Å². The van der Waals surface area contributed by atoms with Crippen LogP contribution >= 0.6 is 0 Å². The number of anilines is 2. The smallest absolute Gasteiger partial charge is 0.239 e. The van der Waals surface area contributed by atoms with Gasteiger partial charge in [0.25, 0.3) is 0 Å². The summed E-state index contributed by atoms with van der Waals surface area (Å²) in [5.74, 6) is -0.486. The topological polar surface area (TPSA) is 58.4 Å². The number of benzene rings is 1. The van der Waals surface area contributed by atoms with E-state index in [1.54, 1.807) is 11.9 Å². The molecule has 0 bridgehead atoms. The van der Waals surface area contributed by atoms with E-state index in [1.807, 2.05) is 6.92 Å². The van der Waals surface area contributed by atoms with Gasteiger partial charge in [0, 0.05) is 13.6 Å². The van der Waals surface area contributed by atoms with E-state index in [9.17, 15) is 9.18 Å². The molecule has 1 aromatic rings. The van der Waals surface area contributed by atoms with E-state index in [1.165, 1.54) is 18.2 Å². The van der Waals surface area contributed by atoms with Gasteiger partial charge in [-0.1, -0.05) is 0 Å². The van der Waals surface area contributed by atoms with Crippen LogP contribution in [-0.2, 0) is 4.79 Å². The van der Waals surface area contributed by atoms with Gasteiger partial charge in [0.1, 0.15) is 5.82 Å². The highest BCUT2D eigenvalue weighted by atomic mass is 19.1. The average molecular weight is 225 g/mol. The summed E-state index contributed by atoms with van der Waals surface area (Å²) in [5, 5.41) is 2.67. The molecule has 0 saturated carbocycles. The monoisotopic (exact) mass is 225 g/mol. The van der Waals surface area contributed by atoms with Crippen molar-refractivity contribution in [3.8, 4) is 0 Å². The van der Waals surface area contributed by atoms with Gasteiger partial charge in [-0.2, -0.15) is 0 Å². The highest BCUT2D eigenvalue weighted by Crippen LogP contribution is 2.22. The molecule has 0 heterocycles. The van der Waals surface area contributed by atoms with Crippen LogP contribution in [0.25, 0.3) is 0 Å². The number of carbonyl (C=O) groups is 1. The fourth-order valence-electron chi connectivity index (χ4n) is 1.40. The summed E-state index contributed by atoms with van der Waals surface area (Å²) >= 11 is 0. The fourth-order valence-corrected chi connectivity index (χ4v) is 1.40. The third-order valence-corrected chi connectivity index (χ3v) is 2.16. The number of carbonyl (C=O) groups excluding carboxylic acids is 1. The number of amides is 1. The molecule has 0 saturated heterocycles. The summed E-state index contributed by atoms with van der Waals surface area (Å²) in [5.41, 5.74) is 6.67. The Labute approximate surface area is 94.2 Å². The molecule has 0 atom stereocenters. The number of nitrogens with one attached hydrogen (secondary N) is 1. The van der Waals surface area contributed by atoms with Crippen LogP contribution in [0.5, 0.6) is 0 Å². The van der Waals surface area contributed by atoms with Gasteiger partial charge in [-0.05, 0) is 25.1 Å². The first-order valence-corrected chi connectivity index (χ1v) is 5.07. The number of hydrogen-bond donors (Lipinski definition) is 2. The predicted molar refractivity (Wildman–Crippen MR) is 62.8 cm³/mol. The van der Waals surface area contributed by atoms with Crippen LogP contribution in [0.15, 0.2) is 18.2 Å². The second-order valence-corrected chi connectivity index (χ2v) is 3.51. The molecule has 1 amide bonds. The normalized spacial score (nSPS) is 9.94. The minimum absolute atomic E-state index is 0.117. The Hall–Kier alpha value is -1.78. The SMILES string of the molecule is CCNC(=O)CN(C)c1cc(F)ccc1N. The Morgan fingerprint density at radius 1 is 1.56 bits per heavy atom. The number of nitrogens with two attached hydrogens (primary N) is 1. The van der Waals surface area contributed by atoms with E-state index < -0.39 is 0 Å². The summed E-state index contributed by atoms with van der Waals surface area (Å²) in [7, 11) is 1.69. The Morgan fingerprint density at radius 2 is 2.25 bits per heavy atom. The molecule has 0 aromatic heterocycles. The summed E-state index contributed by atoms with van der Waals surface area (Å²) < 4.78 is 13.0. The summed E-state index contributed by atoms with van der Waals surface area (Å²) in [4.78, 5) is 13.0. The van der Waals surface area contributed by atoms with Crippen molar-refractivity contribution in [2.75, 3.05) is 30.8 Å². The highest BCUT2D eigenvalue weighted by Gasteiger charge is 2.10. The largest absolute Gasteiger partial charge is 0.397 e. The number of nitrogens with zero attached hydrogens (tertiary/aromatic N) is 1. The van der Waals surface area contributed by atoms with Crippen molar-refractivity contribution in [1.29, 1.82) is 0 Å². The molecule has 5 heteroatoms. The Bertz CT molecular complexity index is 381. The first-order chi connectivity index (χ1) is 7.54. The number of hydrogen-bond acceptors (Lipinski definition) is 3. The molecule has 1 aromatic carbocycles. The zero-order valence-corrected chi connectivity index (χ0v) is 9.46. The lowest BCUT2D eigenvalue weighted by atomic mass is 10.2. The minimum Gasteiger partial charge on any atom is -0.397 e. The summed E-state index contributed by atoms with van der Waals surface area (Å²) in [6.07, 6.45) is 0. The first kappa shape index (κ1) is 12.3. The molecule has 0 aliphatic rings. The van der Waals surface area contributed by atoms with Crippen LogP contribution in [0.3, 0.4) is 0 Å². The maximum absolute atomic E-state index is 13.0. The molecular formula is C11H16FN3O. The van der Waals surface area contributed by atoms with Crippen LogP contribution in [0.4, 0.5) is 15.8 Å². The van der Waals surface area contributed by atoms with Crippen molar-refractivity contribution in [3.05, 3.63) is 24.0 Å². The Balaban J connectivity index is 2.76. The molecule has 4 nitrogen and oxygen atoms in total. The molecule has 0 radical (unpaired) electrons. The second-order valence-electron chi connectivity index (χ2n) is 3.51. The standard InChI is InChI=1S/C11H16FN3O/c1-3-14-11(16)7-15(2)10-6-8(12)4-5-9(10)13/h4-6H,3,7,13H2,1-2H3,(H,14,16). The van der Waals surface area contributed by atoms with Gasteiger partial charge in [0.15, 0.2) is 0 Å². The van der Waals surface area contributed by atoms with Gasteiger partial charge in [0.05, 0.1) is 17.9 Å². The summed E-state index contributed by atoms with van der Waals surface area (Å²) in [6, 6.07) is 4.09. The van der Waals surface area contributed by atoms with Crippen molar-refractivity contribution in [2.24, 2.45) is 0 Å². The maximum atomic E-state index is 13.0. The van der Waals surface area contributed by atoms with Gasteiger partial charge in [-0.25, -0.2) is 4.39 Å². The average Bonchev–Trinajstić information content (AvgIpc) is 2.21. The molecule has 0 aliphatic heterocycles. The number of nitrogen functional groups attached to an aromatic ring is 1. The number of rotatable bonds is 4. The molecule has 3 N–H and O–H groups in total. The lowest BCUT2D eigenvalue weighted by molar-refractivity contribution is -0.119. The van der Waals surface area contributed by atoms with Crippen LogP contribution in [0, 0.1) is 5.82 Å². The fraction of sp³-hybridized carbons (Fsp3) is 0.364. The molecule has 0 fully saturated rings. The highest BCUT2D eigenvalue weighted by molar-refractivity contribution is 5.82. The van der Waals surface area contributed by atoms with E-state index in [2.05, 4.69) is 5.32 Å². The van der Waals surface area contributed by atoms with Crippen LogP contribution in [-0.4, -0.2) is 26.0 Å². The van der Waals surface area contributed by atoms with Crippen molar-refractivity contribution < 1.29 is 9.18 Å². The molecule has 0 aliphatic carbocycles. The Kier molecular flexibility index (Phi) is 4.10. The summed E-state index contributed by atoms with van der Waals surface area (Å²) in [6.45, 7) is 2.57. The van der Waals surface area contributed by atoms with Crippen LogP contribution in [0.1, 0.15) is 6.92 Å². The van der Waals surface area contributed by atoms with Crippen LogP contribution in [0.2, 0.25) is 0 Å². The first-order valence-electron chi connectivity index (χ1n) is 5.07. The number of likely N-dealkylation sites (N-methyl/N-ethyl adjacent to an activating group) is 2. The van der Waals surface area contributed by atoms with Crippen LogP contribution < -0.4 is 16.0 Å². The minimum atomic E-state index is -0.369. The van der Waals surface area contributed by atoms with Gasteiger partial charge >= 0.3 is 0 Å². The predicted octanol–water partition coefficient (Wildman–Crippen LogP) is 0.980. The van der Waals surface area contributed by atoms with E-state index in [0.29, 0.717) is 17.9 Å². The zero-order valence-electron chi connectivity index (χ0n) is 9.46. The van der Waals surface area contributed by atoms with E-state index >= 15 is 0 Å². The lowest BCUT2D eigenvalue weighted by Crippen LogP contribution is -2.35. The maximum Gasteiger partial charge on any atom is 0.239 e. The molecule has 0 spiro atoms. The van der Waals surface area contributed by atoms with Gasteiger partial charge in [0.2, 0.25) is 5.91 Å². The quantitative estimate of drug-likeness (QED) is 0.751. The van der Waals surface area contributed by atoms with Gasteiger partial charge in [-0.15, -0.1) is 0 Å².